The molecule has 0 saturated heterocycles. The van der Waals surface area contributed by atoms with E-state index in [9.17, 15) is 38.8 Å². The first-order chi connectivity index (χ1) is 33.6. The molecule has 1 aliphatic rings. The average Bonchev–Trinajstić information content (AvgIpc) is 3.35. The van der Waals surface area contributed by atoms with E-state index in [4.69, 9.17) is 26.7 Å². The minimum atomic E-state index is -1.29. The fourth-order valence-corrected chi connectivity index (χ4v) is 8.61. The molecule has 3 aromatic rings. The van der Waals surface area contributed by atoms with Crippen molar-refractivity contribution in [3.63, 3.8) is 0 Å². The number of carbonyl (C=O) groups excluding carboxylic acids is 7. The van der Waals surface area contributed by atoms with Crippen LogP contribution in [0.3, 0.4) is 0 Å². The van der Waals surface area contributed by atoms with Crippen LogP contribution in [0.15, 0.2) is 54.6 Å². The molecule has 0 saturated carbocycles. The molecule has 0 fully saturated rings. The summed E-state index contributed by atoms with van der Waals surface area (Å²) in [5.74, 6) is -4.14. The first kappa shape index (κ1) is 56.1. The third kappa shape index (κ3) is 16.6. The van der Waals surface area contributed by atoms with E-state index in [-0.39, 0.29) is 108 Å². The number of hydrogen-bond donors (Lipinski definition) is 6. The number of likely N-dealkylation sites (N-methyl/N-ethyl adjacent to an activating group) is 1. The second-order valence-electron chi connectivity index (χ2n) is 17.9. The fraction of sp³-hybridized carbons (Fsp3) is 0.509. The van der Waals surface area contributed by atoms with Crippen LogP contribution in [-0.4, -0.2) is 105 Å². The van der Waals surface area contributed by atoms with Crippen molar-refractivity contribution < 1.29 is 43.0 Å². The Balaban J connectivity index is 1.83. The van der Waals surface area contributed by atoms with Gasteiger partial charge in [-0.05, 0) is 85.7 Å². The summed E-state index contributed by atoms with van der Waals surface area (Å²) >= 11 is 0. The highest BCUT2D eigenvalue weighted by molar-refractivity contribution is 6.01. The van der Waals surface area contributed by atoms with Crippen molar-refractivity contribution in [2.24, 2.45) is 29.0 Å². The largest absolute Gasteiger partial charge is 0.491 e. The van der Waals surface area contributed by atoms with Crippen molar-refractivity contribution in [3.05, 3.63) is 82.4 Å². The molecule has 70 heavy (non-hydrogen) atoms. The lowest BCUT2D eigenvalue weighted by Gasteiger charge is -2.32. The number of nitrogens with zero attached hydrogens (tertiary/aromatic N) is 2. The third-order valence-corrected chi connectivity index (χ3v) is 12.5. The molecule has 17 heteroatoms. The number of rotatable bonds is 26. The lowest BCUT2D eigenvalue weighted by molar-refractivity contribution is -0.142. The Bertz CT molecular complexity index is 2350. The predicted octanol–water partition coefficient (Wildman–Crippen LogP) is 4.33. The molecule has 0 unspecified atom stereocenters. The highest BCUT2D eigenvalue weighted by atomic mass is 16.5. The maximum atomic E-state index is 14.8. The zero-order valence-electron chi connectivity index (χ0n) is 41.2. The molecule has 0 aliphatic carbocycles. The van der Waals surface area contributed by atoms with Gasteiger partial charge in [-0.3, -0.25) is 33.6 Å². The van der Waals surface area contributed by atoms with Crippen molar-refractivity contribution in [2.45, 2.75) is 110 Å². The van der Waals surface area contributed by atoms with Gasteiger partial charge in [0.1, 0.15) is 30.8 Å². The molecule has 4 bridgehead atoms. The van der Waals surface area contributed by atoms with E-state index in [1.807, 2.05) is 31.2 Å². The summed E-state index contributed by atoms with van der Waals surface area (Å²) in [6.45, 7) is 5.55. The molecular formula is C53H72N8O9. The summed E-state index contributed by atoms with van der Waals surface area (Å²) in [6, 6.07) is 15.6. The Morgan fingerprint density at radius 2 is 1.50 bits per heavy atom. The lowest BCUT2D eigenvalue weighted by atomic mass is 9.87. The molecule has 0 spiro atoms. The number of hydrogen-bond acceptors (Lipinski definition) is 13. The number of Topliss-reactive ketones (excluding diaryl/α,β-unsaturated/α-hetero) is 3. The molecule has 4 amide bonds. The van der Waals surface area contributed by atoms with E-state index in [0.717, 1.165) is 30.4 Å². The van der Waals surface area contributed by atoms with E-state index in [0.29, 0.717) is 39.3 Å². The topological polar surface area (TPSA) is 279 Å². The molecule has 17 nitrogen and oxygen atoms in total. The van der Waals surface area contributed by atoms with Crippen molar-refractivity contribution in [3.8, 4) is 28.7 Å². The van der Waals surface area contributed by atoms with E-state index >= 15 is 0 Å². The molecule has 0 radical (unpaired) electrons. The van der Waals surface area contributed by atoms with Crippen LogP contribution >= 0.6 is 0 Å². The molecule has 9 N–H and O–H groups in total. The average molecular weight is 965 g/mol. The SMILES string of the molecule is CCCCCCCc1ccc(C(=O)C[C@@H](CCN)C(=O)N(C)[C@@H]2C(=O)C[C@@H](C)C(=O)N[C@H](C(=O)CCC#N)Cc3ccc(OCCNC(=O)CN)c(c3)-c3cc2ccc3OCCNC(=O)CN)c(C)c1. The number of ether oxygens (including phenoxy) is 2. The number of nitriles is 1. The monoisotopic (exact) mass is 965 g/mol. The number of carbonyl (C=O) groups is 7. The van der Waals surface area contributed by atoms with Crippen molar-refractivity contribution >= 4 is 41.0 Å². The summed E-state index contributed by atoms with van der Waals surface area (Å²) < 4.78 is 12.5. The van der Waals surface area contributed by atoms with Gasteiger partial charge in [-0.2, -0.15) is 5.26 Å². The van der Waals surface area contributed by atoms with Gasteiger partial charge in [0.05, 0.1) is 38.3 Å². The Kier molecular flexibility index (Phi) is 23.1. The molecule has 4 atom stereocenters. The standard InChI is InChI=1S/C53H72N8O9/c1-5-6-7-8-9-11-36-13-16-40(34(2)26-36)45(63)31-39(19-21-55)53(68)61(4)51-38-15-18-48(70-25-23-59-50(66)33-57)42(30-38)41-28-37(14-17-47(41)69-24-22-58-49(65)32-56)29-43(44(62)12-10-20-54)60-52(67)35(3)27-46(51)64/h13-18,26,28,30,35,39,43,51H,5-12,19,21-25,27,29,31-33,55-57H2,1-4H3,(H,58,65)(H,59,66)(H,60,67)/t35-,39-,43+,51+/m1/s1. The molecule has 3 aromatic carbocycles. The van der Waals surface area contributed by atoms with Crippen molar-refractivity contribution in [2.75, 3.05) is 53.0 Å². The molecule has 4 rings (SSSR count). The van der Waals surface area contributed by atoms with E-state index < -0.39 is 41.5 Å². The quantitative estimate of drug-likeness (QED) is 0.0484. The van der Waals surface area contributed by atoms with E-state index in [2.05, 4.69) is 22.9 Å². The van der Waals surface area contributed by atoms with Gasteiger partial charge in [-0.25, -0.2) is 0 Å². The summed E-state index contributed by atoms with van der Waals surface area (Å²) in [5, 5.41) is 17.5. The number of ketones is 3. The number of amides is 4. The number of nitrogens with two attached hydrogens (primary N) is 3. The van der Waals surface area contributed by atoms with Crippen LogP contribution < -0.4 is 42.6 Å². The maximum Gasteiger partial charge on any atom is 0.233 e. The zero-order valence-corrected chi connectivity index (χ0v) is 41.2. The zero-order chi connectivity index (χ0) is 51.2. The predicted molar refractivity (Wildman–Crippen MR) is 267 cm³/mol. The molecule has 1 aliphatic heterocycles. The highest BCUT2D eigenvalue weighted by Crippen LogP contribution is 2.41. The van der Waals surface area contributed by atoms with Gasteiger partial charge in [0.15, 0.2) is 17.3 Å². The number of fused-ring (bicyclic) bond motifs is 5. The van der Waals surface area contributed by atoms with Crippen molar-refractivity contribution in [1.82, 2.24) is 20.9 Å². The van der Waals surface area contributed by atoms with E-state index in [1.165, 1.54) is 31.2 Å². The van der Waals surface area contributed by atoms with Crippen LogP contribution in [-0.2, 0) is 41.6 Å². The second-order valence-corrected chi connectivity index (χ2v) is 17.9. The van der Waals surface area contributed by atoms with Gasteiger partial charge in [-0.1, -0.05) is 69.9 Å². The maximum absolute atomic E-state index is 14.8. The first-order valence-electron chi connectivity index (χ1n) is 24.4. The number of aryl methyl sites for hydroxylation is 2. The first-order valence-corrected chi connectivity index (χ1v) is 24.4. The van der Waals surface area contributed by atoms with Crippen LogP contribution in [0.2, 0.25) is 0 Å². The Labute approximate surface area is 411 Å². The van der Waals surface area contributed by atoms with Crippen LogP contribution in [0.1, 0.15) is 117 Å². The summed E-state index contributed by atoms with van der Waals surface area (Å²) in [6.07, 6.45) is 6.17. The fourth-order valence-electron chi connectivity index (χ4n) is 8.61. The number of benzene rings is 3. The Hall–Kier alpha value is -6.48. The summed E-state index contributed by atoms with van der Waals surface area (Å²) in [4.78, 5) is 96.5. The van der Waals surface area contributed by atoms with Gasteiger partial charge < -0.3 is 47.5 Å². The van der Waals surface area contributed by atoms with Crippen LogP contribution in [0.4, 0.5) is 0 Å². The Morgan fingerprint density at radius 3 is 2.11 bits per heavy atom. The van der Waals surface area contributed by atoms with Gasteiger partial charge in [0.25, 0.3) is 0 Å². The van der Waals surface area contributed by atoms with Gasteiger partial charge in [0, 0.05) is 61.3 Å². The highest BCUT2D eigenvalue weighted by Gasteiger charge is 2.36. The molecule has 1 heterocycles. The normalized spacial score (nSPS) is 16.2. The Morgan fingerprint density at radius 1 is 0.857 bits per heavy atom. The van der Waals surface area contributed by atoms with Gasteiger partial charge in [-0.15, -0.1) is 0 Å². The smallest absolute Gasteiger partial charge is 0.233 e. The van der Waals surface area contributed by atoms with Gasteiger partial charge >= 0.3 is 0 Å². The molecule has 378 valence electrons. The van der Waals surface area contributed by atoms with Crippen molar-refractivity contribution in [1.29, 1.82) is 5.26 Å². The molecule has 0 aromatic heterocycles. The summed E-state index contributed by atoms with van der Waals surface area (Å²) in [5.41, 5.74) is 21.3. The van der Waals surface area contributed by atoms with Crippen LogP contribution in [0.25, 0.3) is 11.1 Å². The second kappa shape index (κ2) is 28.9. The van der Waals surface area contributed by atoms with E-state index in [1.54, 1.807) is 43.3 Å². The minimum Gasteiger partial charge on any atom is -0.491 e. The van der Waals surface area contributed by atoms with Crippen LogP contribution in [0.5, 0.6) is 11.5 Å². The van der Waals surface area contributed by atoms with Gasteiger partial charge in [0.2, 0.25) is 23.6 Å². The number of unbranched alkanes of at least 4 members (excludes halogenated alkanes) is 4. The summed E-state index contributed by atoms with van der Waals surface area (Å²) in [7, 11) is 1.49. The minimum absolute atomic E-state index is 0.00883. The van der Waals surface area contributed by atoms with Crippen LogP contribution in [0, 0.1) is 30.1 Å². The third-order valence-electron chi connectivity index (χ3n) is 12.5. The number of nitrogens with one attached hydrogen (secondary N) is 3. The molecular weight excluding hydrogens is 893 g/mol. The lowest BCUT2D eigenvalue weighted by Crippen LogP contribution is -2.46.